The van der Waals surface area contributed by atoms with Crippen LogP contribution in [0.4, 0.5) is 5.82 Å². The third kappa shape index (κ3) is 6.35. The summed E-state index contributed by atoms with van der Waals surface area (Å²) in [5.74, 6) is 0.358. The average Bonchev–Trinajstić information content (AvgIpc) is 3.14. The Hall–Kier alpha value is -2.38. The van der Waals surface area contributed by atoms with Crippen LogP contribution in [0, 0.1) is 0 Å². The second-order valence-electron chi connectivity index (χ2n) is 5.95. The molecular weight excluding hydrogens is 399 g/mol. The summed E-state index contributed by atoms with van der Waals surface area (Å²) in [6.07, 6.45) is 1.75. The van der Waals surface area contributed by atoms with Crippen LogP contribution in [0.5, 0.6) is 0 Å². The Kier molecular flexibility index (Phi) is 8.47. The molecule has 0 saturated carbocycles. The molecule has 0 spiro atoms. The number of amides is 1. The molecule has 1 amide bonds. The number of benzene rings is 2. The average molecular weight is 421 g/mol. The van der Waals surface area contributed by atoms with Crippen molar-refractivity contribution in [2.75, 3.05) is 26.0 Å². The highest BCUT2D eigenvalue weighted by molar-refractivity contribution is 6.42. The lowest BCUT2D eigenvalue weighted by molar-refractivity contribution is -0.117. The van der Waals surface area contributed by atoms with Crippen molar-refractivity contribution in [2.24, 2.45) is 0 Å². The number of aliphatic hydroxyl groups is 1. The van der Waals surface area contributed by atoms with E-state index in [-0.39, 0.29) is 12.5 Å². The van der Waals surface area contributed by atoms with Gasteiger partial charge in [0.05, 0.1) is 22.3 Å². The number of aliphatic hydroxyl groups excluding tert-OH is 1. The molecule has 6 nitrogen and oxygen atoms in total. The fourth-order valence-electron chi connectivity index (χ4n) is 2.54. The van der Waals surface area contributed by atoms with Crippen LogP contribution < -0.4 is 5.32 Å². The van der Waals surface area contributed by atoms with Crippen LogP contribution in [-0.2, 0) is 11.3 Å². The summed E-state index contributed by atoms with van der Waals surface area (Å²) in [7, 11) is 2.90. The van der Waals surface area contributed by atoms with Crippen LogP contribution in [0.15, 0.2) is 60.8 Å². The quantitative estimate of drug-likeness (QED) is 0.634. The molecule has 0 aliphatic carbocycles. The van der Waals surface area contributed by atoms with Crippen molar-refractivity contribution < 1.29 is 9.90 Å². The maximum absolute atomic E-state index is 12.2. The molecule has 1 aromatic heterocycles. The predicted molar refractivity (Wildman–Crippen MR) is 113 cm³/mol. The Morgan fingerprint density at radius 2 is 1.82 bits per heavy atom. The largest absolute Gasteiger partial charge is 0.400 e. The monoisotopic (exact) mass is 420 g/mol. The number of likely N-dealkylation sites (N-methyl/N-ethyl adjacent to an activating group) is 1. The molecule has 0 saturated heterocycles. The first-order valence-corrected chi connectivity index (χ1v) is 9.25. The fraction of sp³-hybridized carbons (Fsp3) is 0.200. The van der Waals surface area contributed by atoms with E-state index in [1.54, 1.807) is 35.1 Å². The highest BCUT2D eigenvalue weighted by Crippen LogP contribution is 2.24. The lowest BCUT2D eigenvalue weighted by Gasteiger charge is -2.15. The van der Waals surface area contributed by atoms with Gasteiger partial charge in [-0.1, -0.05) is 53.5 Å². The Morgan fingerprint density at radius 1 is 1.11 bits per heavy atom. The van der Waals surface area contributed by atoms with E-state index in [1.807, 2.05) is 42.3 Å². The number of hydrogen-bond donors (Lipinski definition) is 2. The van der Waals surface area contributed by atoms with Gasteiger partial charge in [0.1, 0.15) is 0 Å². The number of nitrogens with zero attached hydrogens (tertiary/aromatic N) is 3. The van der Waals surface area contributed by atoms with Gasteiger partial charge in [-0.05, 0) is 30.8 Å². The Bertz CT molecular complexity index is 900. The van der Waals surface area contributed by atoms with E-state index in [9.17, 15) is 4.79 Å². The molecule has 28 heavy (non-hydrogen) atoms. The van der Waals surface area contributed by atoms with Crippen LogP contribution in [0.1, 0.15) is 5.56 Å². The number of carbonyl (C=O) groups is 1. The second kappa shape index (κ2) is 10.8. The number of hydrogen-bond acceptors (Lipinski definition) is 4. The normalized spacial score (nSPS) is 10.4. The van der Waals surface area contributed by atoms with E-state index < -0.39 is 0 Å². The number of halogens is 2. The van der Waals surface area contributed by atoms with Gasteiger partial charge in [0.2, 0.25) is 5.91 Å². The number of anilines is 1. The summed E-state index contributed by atoms with van der Waals surface area (Å²) in [5, 5.41) is 15.1. The van der Waals surface area contributed by atoms with Gasteiger partial charge >= 0.3 is 0 Å². The SMILES string of the molecule is CN(CC(=O)Nc1ccn(-c2ccc(Cl)c(Cl)c2)n1)Cc1ccccc1.CO. The molecule has 0 bridgehead atoms. The highest BCUT2D eigenvalue weighted by Gasteiger charge is 2.10. The van der Waals surface area contributed by atoms with E-state index in [2.05, 4.69) is 10.4 Å². The summed E-state index contributed by atoms with van der Waals surface area (Å²) in [6.45, 7) is 0.973. The van der Waals surface area contributed by atoms with Gasteiger partial charge in [-0.3, -0.25) is 9.69 Å². The number of aromatic nitrogens is 2. The summed E-state index contributed by atoms with van der Waals surface area (Å²) < 4.78 is 1.63. The maximum atomic E-state index is 12.2. The van der Waals surface area contributed by atoms with E-state index in [0.29, 0.717) is 22.4 Å². The summed E-state index contributed by atoms with van der Waals surface area (Å²) >= 11 is 12.0. The van der Waals surface area contributed by atoms with Crippen molar-refractivity contribution in [2.45, 2.75) is 6.54 Å². The van der Waals surface area contributed by atoms with Gasteiger partial charge in [-0.2, -0.15) is 5.10 Å². The summed E-state index contributed by atoms with van der Waals surface area (Å²) in [6, 6.07) is 17.0. The molecule has 1 heterocycles. The molecule has 0 atom stereocenters. The van der Waals surface area contributed by atoms with Crippen LogP contribution >= 0.6 is 23.2 Å². The molecule has 8 heteroatoms. The van der Waals surface area contributed by atoms with E-state index >= 15 is 0 Å². The van der Waals surface area contributed by atoms with Gasteiger partial charge in [0, 0.05) is 25.9 Å². The first-order chi connectivity index (χ1) is 13.5. The van der Waals surface area contributed by atoms with Crippen LogP contribution in [0.25, 0.3) is 5.69 Å². The third-order valence-electron chi connectivity index (χ3n) is 3.73. The zero-order valence-electron chi connectivity index (χ0n) is 15.6. The zero-order chi connectivity index (χ0) is 20.5. The van der Waals surface area contributed by atoms with Crippen LogP contribution in [0.3, 0.4) is 0 Å². The molecule has 0 radical (unpaired) electrons. The molecular formula is C20H22Cl2N4O2. The van der Waals surface area contributed by atoms with Crippen LogP contribution in [-0.4, -0.2) is 46.4 Å². The zero-order valence-corrected chi connectivity index (χ0v) is 17.2. The van der Waals surface area contributed by atoms with Crippen molar-refractivity contribution in [3.8, 4) is 5.69 Å². The Labute approximate surface area is 174 Å². The van der Waals surface area contributed by atoms with Gasteiger partial charge in [-0.15, -0.1) is 0 Å². The molecule has 3 rings (SSSR count). The predicted octanol–water partition coefficient (Wildman–Crippen LogP) is 3.86. The summed E-state index contributed by atoms with van der Waals surface area (Å²) in [5.41, 5.74) is 1.92. The standard InChI is InChI=1S/C19H18Cl2N4O.CH4O/c1-24(12-14-5-3-2-4-6-14)13-19(26)22-18-9-10-25(23-18)15-7-8-16(20)17(21)11-15;1-2/h2-11H,12-13H2,1H3,(H,22,23,26);2H,1H3. The lowest BCUT2D eigenvalue weighted by atomic mass is 10.2. The van der Waals surface area contributed by atoms with Gasteiger partial charge < -0.3 is 10.4 Å². The topological polar surface area (TPSA) is 70.4 Å². The molecule has 3 aromatic rings. The summed E-state index contributed by atoms with van der Waals surface area (Å²) in [4.78, 5) is 14.2. The third-order valence-corrected chi connectivity index (χ3v) is 4.47. The molecule has 2 aromatic carbocycles. The molecule has 0 fully saturated rings. The lowest BCUT2D eigenvalue weighted by Crippen LogP contribution is -2.30. The second-order valence-corrected chi connectivity index (χ2v) is 6.76. The minimum Gasteiger partial charge on any atom is -0.400 e. The van der Waals surface area contributed by atoms with Gasteiger partial charge in [-0.25, -0.2) is 4.68 Å². The Morgan fingerprint density at radius 3 is 2.50 bits per heavy atom. The molecule has 148 valence electrons. The number of carbonyl (C=O) groups excluding carboxylic acids is 1. The highest BCUT2D eigenvalue weighted by atomic mass is 35.5. The number of nitrogens with one attached hydrogen (secondary N) is 1. The minimum absolute atomic E-state index is 0.122. The molecule has 2 N–H and O–H groups in total. The minimum atomic E-state index is -0.122. The van der Waals surface area contributed by atoms with E-state index in [0.717, 1.165) is 18.4 Å². The van der Waals surface area contributed by atoms with E-state index in [1.165, 1.54) is 0 Å². The van der Waals surface area contributed by atoms with Crippen molar-refractivity contribution in [1.82, 2.24) is 14.7 Å². The van der Waals surface area contributed by atoms with Crippen molar-refractivity contribution in [1.29, 1.82) is 0 Å². The first kappa shape index (κ1) is 21.9. The van der Waals surface area contributed by atoms with E-state index in [4.69, 9.17) is 28.3 Å². The van der Waals surface area contributed by atoms with Crippen molar-refractivity contribution in [3.05, 3.63) is 76.4 Å². The Balaban J connectivity index is 0.00000136. The van der Waals surface area contributed by atoms with Crippen LogP contribution in [0.2, 0.25) is 10.0 Å². The molecule has 0 aliphatic heterocycles. The molecule has 0 aliphatic rings. The fourth-order valence-corrected chi connectivity index (χ4v) is 2.83. The first-order valence-electron chi connectivity index (χ1n) is 8.49. The van der Waals surface area contributed by atoms with Gasteiger partial charge in [0.15, 0.2) is 5.82 Å². The van der Waals surface area contributed by atoms with Gasteiger partial charge in [0.25, 0.3) is 0 Å². The smallest absolute Gasteiger partial charge is 0.239 e. The van der Waals surface area contributed by atoms with Crippen molar-refractivity contribution in [3.63, 3.8) is 0 Å². The maximum Gasteiger partial charge on any atom is 0.239 e. The van der Waals surface area contributed by atoms with Crippen molar-refractivity contribution >= 4 is 34.9 Å². The number of rotatable bonds is 6. The molecule has 0 unspecified atom stereocenters.